The van der Waals surface area contributed by atoms with Gasteiger partial charge in [-0.2, -0.15) is 10.2 Å². The molecule has 1 N–H and O–H groups in total. The van der Waals surface area contributed by atoms with Gasteiger partial charge in [0.15, 0.2) is 6.17 Å². The SMILES string of the molecule is Oc1cccc(CC2N=N2)c1. The molecule has 1 aromatic rings. The summed E-state index contributed by atoms with van der Waals surface area (Å²) in [7, 11) is 0. The Hall–Kier alpha value is -1.38. The van der Waals surface area contributed by atoms with Crippen LogP contribution in [0.25, 0.3) is 0 Å². The van der Waals surface area contributed by atoms with Gasteiger partial charge in [0, 0.05) is 6.42 Å². The predicted octanol–water partition coefficient (Wildman–Crippen LogP) is 1.73. The molecule has 0 amide bonds. The third kappa shape index (κ3) is 1.55. The summed E-state index contributed by atoms with van der Waals surface area (Å²) in [6, 6.07) is 7.18. The standard InChI is InChI=1S/C8H8N2O/c11-7-3-1-2-6(4-7)5-8-9-10-8/h1-4,8,11H,5H2. The second kappa shape index (κ2) is 2.34. The molecule has 56 valence electrons. The minimum atomic E-state index is 0.150. The lowest BCUT2D eigenvalue weighted by atomic mass is 10.1. The van der Waals surface area contributed by atoms with Gasteiger partial charge in [-0.3, -0.25) is 0 Å². The van der Waals surface area contributed by atoms with Crippen molar-refractivity contribution < 1.29 is 5.11 Å². The molecule has 1 aliphatic heterocycles. The van der Waals surface area contributed by atoms with Crippen LogP contribution in [0.5, 0.6) is 5.75 Å². The van der Waals surface area contributed by atoms with E-state index in [4.69, 9.17) is 5.11 Å². The van der Waals surface area contributed by atoms with Gasteiger partial charge in [0.05, 0.1) is 0 Å². The molecule has 11 heavy (non-hydrogen) atoms. The van der Waals surface area contributed by atoms with Crippen molar-refractivity contribution in [3.63, 3.8) is 0 Å². The second-order valence-corrected chi connectivity index (χ2v) is 2.59. The molecule has 0 saturated heterocycles. The molecule has 3 nitrogen and oxygen atoms in total. The quantitative estimate of drug-likeness (QED) is 0.682. The van der Waals surface area contributed by atoms with Gasteiger partial charge < -0.3 is 5.11 Å². The van der Waals surface area contributed by atoms with Gasteiger partial charge in [0.2, 0.25) is 0 Å². The topological polar surface area (TPSA) is 45.0 Å². The van der Waals surface area contributed by atoms with Crippen LogP contribution < -0.4 is 0 Å². The highest BCUT2D eigenvalue weighted by Gasteiger charge is 2.15. The molecule has 0 radical (unpaired) electrons. The fourth-order valence-electron chi connectivity index (χ4n) is 1.02. The average molecular weight is 148 g/mol. The van der Waals surface area contributed by atoms with Crippen LogP contribution >= 0.6 is 0 Å². The van der Waals surface area contributed by atoms with Crippen molar-refractivity contribution in [1.82, 2.24) is 0 Å². The van der Waals surface area contributed by atoms with Crippen molar-refractivity contribution in [3.05, 3.63) is 29.8 Å². The maximum atomic E-state index is 9.09. The number of nitrogens with zero attached hydrogens (tertiary/aromatic N) is 2. The largest absolute Gasteiger partial charge is 0.508 e. The first-order valence-corrected chi connectivity index (χ1v) is 3.52. The molecule has 1 aromatic carbocycles. The maximum Gasteiger partial charge on any atom is 0.185 e. The monoisotopic (exact) mass is 148 g/mol. The first-order chi connectivity index (χ1) is 5.34. The van der Waals surface area contributed by atoms with Crippen molar-refractivity contribution >= 4 is 0 Å². The van der Waals surface area contributed by atoms with E-state index in [-0.39, 0.29) is 6.17 Å². The highest BCUT2D eigenvalue weighted by molar-refractivity contribution is 5.27. The van der Waals surface area contributed by atoms with E-state index in [1.807, 2.05) is 12.1 Å². The summed E-state index contributed by atoms with van der Waals surface area (Å²) in [5.74, 6) is 0.308. The molecular weight excluding hydrogens is 140 g/mol. The van der Waals surface area contributed by atoms with Crippen molar-refractivity contribution in [1.29, 1.82) is 0 Å². The highest BCUT2D eigenvalue weighted by atomic mass is 16.3. The summed E-state index contributed by atoms with van der Waals surface area (Å²) in [5, 5.41) is 16.6. The molecule has 2 rings (SSSR count). The molecule has 1 aliphatic rings. The second-order valence-electron chi connectivity index (χ2n) is 2.59. The number of aromatic hydroxyl groups is 1. The first-order valence-electron chi connectivity index (χ1n) is 3.52. The Labute approximate surface area is 64.4 Å². The van der Waals surface area contributed by atoms with E-state index < -0.39 is 0 Å². The maximum absolute atomic E-state index is 9.09. The Bertz CT molecular complexity index is 290. The molecule has 0 spiro atoms. The number of phenolic OH excluding ortho intramolecular Hbond substituents is 1. The van der Waals surface area contributed by atoms with Gasteiger partial charge in [-0.1, -0.05) is 12.1 Å². The van der Waals surface area contributed by atoms with E-state index in [1.54, 1.807) is 12.1 Å². The lowest BCUT2D eigenvalue weighted by Gasteiger charge is -1.96. The fourth-order valence-corrected chi connectivity index (χ4v) is 1.02. The van der Waals surface area contributed by atoms with Gasteiger partial charge in [-0.15, -0.1) is 0 Å². The van der Waals surface area contributed by atoms with Crippen LogP contribution in [-0.2, 0) is 6.42 Å². The molecule has 0 fully saturated rings. The number of benzene rings is 1. The van der Waals surface area contributed by atoms with Crippen LogP contribution in [0.1, 0.15) is 5.56 Å². The summed E-state index contributed by atoms with van der Waals surface area (Å²) in [4.78, 5) is 0. The molecule has 0 bridgehead atoms. The lowest BCUT2D eigenvalue weighted by molar-refractivity contribution is 0.474. The number of rotatable bonds is 2. The zero-order valence-corrected chi connectivity index (χ0v) is 5.94. The zero-order valence-electron chi connectivity index (χ0n) is 5.94. The Balaban J connectivity index is 2.10. The summed E-state index contributed by atoms with van der Waals surface area (Å²) in [6.45, 7) is 0. The smallest absolute Gasteiger partial charge is 0.185 e. The van der Waals surface area contributed by atoms with E-state index in [0.29, 0.717) is 5.75 Å². The molecule has 0 saturated carbocycles. The summed E-state index contributed by atoms with van der Waals surface area (Å²) in [6.07, 6.45) is 0.964. The van der Waals surface area contributed by atoms with Gasteiger partial charge in [-0.25, -0.2) is 0 Å². The molecule has 0 atom stereocenters. The van der Waals surface area contributed by atoms with Crippen molar-refractivity contribution in [2.75, 3.05) is 0 Å². The van der Waals surface area contributed by atoms with E-state index in [9.17, 15) is 0 Å². The number of hydrogen-bond acceptors (Lipinski definition) is 3. The lowest BCUT2D eigenvalue weighted by Crippen LogP contribution is -1.91. The normalized spacial score (nSPS) is 15.3. The van der Waals surface area contributed by atoms with Crippen LogP contribution in [0.4, 0.5) is 0 Å². The Morgan fingerprint density at radius 2 is 2.18 bits per heavy atom. The predicted molar refractivity (Wildman–Crippen MR) is 40.5 cm³/mol. The van der Waals surface area contributed by atoms with Gasteiger partial charge >= 0.3 is 0 Å². The van der Waals surface area contributed by atoms with Crippen molar-refractivity contribution in [3.8, 4) is 5.75 Å². The minimum absolute atomic E-state index is 0.150. The molecule has 0 unspecified atom stereocenters. The van der Waals surface area contributed by atoms with Crippen LogP contribution in [0, 0.1) is 0 Å². The first kappa shape index (κ1) is 6.34. The van der Waals surface area contributed by atoms with Gasteiger partial charge in [0.25, 0.3) is 0 Å². The van der Waals surface area contributed by atoms with Crippen LogP contribution in [-0.4, -0.2) is 11.3 Å². The van der Waals surface area contributed by atoms with Crippen LogP contribution in [0.15, 0.2) is 34.5 Å². The molecular formula is C8H8N2O. The van der Waals surface area contributed by atoms with Gasteiger partial charge in [-0.05, 0) is 17.7 Å². The third-order valence-electron chi connectivity index (χ3n) is 1.61. The number of hydrogen-bond donors (Lipinski definition) is 1. The van der Waals surface area contributed by atoms with E-state index in [0.717, 1.165) is 12.0 Å². The Morgan fingerprint density at radius 1 is 1.36 bits per heavy atom. The van der Waals surface area contributed by atoms with Crippen molar-refractivity contribution in [2.45, 2.75) is 12.6 Å². The van der Waals surface area contributed by atoms with Crippen LogP contribution in [0.3, 0.4) is 0 Å². The fraction of sp³-hybridized carbons (Fsp3) is 0.250. The Morgan fingerprint density at radius 3 is 2.82 bits per heavy atom. The molecule has 0 aromatic heterocycles. The minimum Gasteiger partial charge on any atom is -0.508 e. The third-order valence-corrected chi connectivity index (χ3v) is 1.61. The van der Waals surface area contributed by atoms with E-state index >= 15 is 0 Å². The summed E-state index contributed by atoms with van der Waals surface area (Å²) >= 11 is 0. The highest BCUT2D eigenvalue weighted by Crippen LogP contribution is 2.19. The average Bonchev–Trinajstić information content (AvgIpc) is 2.71. The van der Waals surface area contributed by atoms with E-state index in [2.05, 4.69) is 10.2 Å². The molecule has 3 heteroatoms. The summed E-state index contributed by atoms with van der Waals surface area (Å²) < 4.78 is 0. The zero-order chi connectivity index (χ0) is 7.68. The Kier molecular flexibility index (Phi) is 1.35. The molecule has 1 heterocycles. The number of phenols is 1. The van der Waals surface area contributed by atoms with Gasteiger partial charge in [0.1, 0.15) is 5.75 Å². The summed E-state index contributed by atoms with van der Waals surface area (Å²) in [5.41, 5.74) is 1.08. The van der Waals surface area contributed by atoms with E-state index in [1.165, 1.54) is 0 Å². The van der Waals surface area contributed by atoms with Crippen LogP contribution in [0.2, 0.25) is 0 Å². The molecule has 0 aliphatic carbocycles. The van der Waals surface area contributed by atoms with Crippen molar-refractivity contribution in [2.24, 2.45) is 10.2 Å².